The highest BCUT2D eigenvalue weighted by molar-refractivity contribution is 9.10. The van der Waals surface area contributed by atoms with Crippen molar-refractivity contribution in [1.29, 1.82) is 0 Å². The van der Waals surface area contributed by atoms with Crippen LogP contribution in [-0.2, 0) is 6.42 Å². The van der Waals surface area contributed by atoms with Gasteiger partial charge < -0.3 is 5.32 Å². The van der Waals surface area contributed by atoms with Crippen molar-refractivity contribution in [2.75, 3.05) is 26.2 Å². The second-order valence-electron chi connectivity index (χ2n) is 5.90. The van der Waals surface area contributed by atoms with Gasteiger partial charge in [-0.25, -0.2) is 9.50 Å². The van der Waals surface area contributed by atoms with Crippen LogP contribution in [-0.4, -0.2) is 51.2 Å². The molecule has 108 valence electrons. The Bertz CT molecular complexity index is 601. The van der Waals surface area contributed by atoms with E-state index in [9.17, 15) is 0 Å². The van der Waals surface area contributed by atoms with Crippen molar-refractivity contribution in [1.82, 2.24) is 24.8 Å². The first-order chi connectivity index (χ1) is 9.54. The lowest BCUT2D eigenvalue weighted by molar-refractivity contribution is 0.102. The minimum atomic E-state index is 0.0876. The van der Waals surface area contributed by atoms with Crippen LogP contribution in [0.1, 0.15) is 19.7 Å². The van der Waals surface area contributed by atoms with Crippen LogP contribution in [0.5, 0.6) is 0 Å². The van der Waals surface area contributed by atoms with Gasteiger partial charge in [0, 0.05) is 48.8 Å². The van der Waals surface area contributed by atoms with Gasteiger partial charge in [0.05, 0.1) is 0 Å². The van der Waals surface area contributed by atoms with Crippen molar-refractivity contribution in [3.8, 4) is 0 Å². The van der Waals surface area contributed by atoms with Gasteiger partial charge in [-0.3, -0.25) is 4.90 Å². The minimum Gasteiger partial charge on any atom is -0.314 e. The Morgan fingerprint density at radius 1 is 1.35 bits per heavy atom. The van der Waals surface area contributed by atoms with E-state index < -0.39 is 0 Å². The Kier molecular flexibility index (Phi) is 3.79. The zero-order valence-electron chi connectivity index (χ0n) is 11.9. The van der Waals surface area contributed by atoms with E-state index in [0.717, 1.165) is 48.5 Å². The van der Waals surface area contributed by atoms with E-state index in [1.807, 2.05) is 22.8 Å². The Hall–Kier alpha value is -0.980. The van der Waals surface area contributed by atoms with Crippen LogP contribution in [0, 0.1) is 0 Å². The highest BCUT2D eigenvalue weighted by atomic mass is 79.9. The van der Waals surface area contributed by atoms with Crippen LogP contribution in [0.4, 0.5) is 0 Å². The average Bonchev–Trinajstić information content (AvgIpc) is 2.80. The van der Waals surface area contributed by atoms with E-state index in [1.165, 1.54) is 0 Å². The fourth-order valence-electron chi connectivity index (χ4n) is 2.75. The van der Waals surface area contributed by atoms with Gasteiger partial charge >= 0.3 is 0 Å². The van der Waals surface area contributed by atoms with Crippen LogP contribution in [0.25, 0.3) is 5.65 Å². The van der Waals surface area contributed by atoms with E-state index in [1.54, 1.807) is 0 Å². The molecule has 0 saturated carbocycles. The van der Waals surface area contributed by atoms with Crippen molar-refractivity contribution >= 4 is 21.6 Å². The lowest BCUT2D eigenvalue weighted by atomic mass is 9.97. The van der Waals surface area contributed by atoms with Gasteiger partial charge in [-0.2, -0.15) is 5.10 Å². The SMILES string of the molecule is CC(C)(Cc1nc2cc(Br)ccn2n1)N1CCNCC1. The van der Waals surface area contributed by atoms with E-state index in [-0.39, 0.29) is 5.54 Å². The third kappa shape index (κ3) is 2.87. The fraction of sp³-hybridized carbons (Fsp3) is 0.571. The summed E-state index contributed by atoms with van der Waals surface area (Å²) < 4.78 is 2.87. The molecule has 0 atom stereocenters. The van der Waals surface area contributed by atoms with Gasteiger partial charge in [0.15, 0.2) is 11.5 Å². The smallest absolute Gasteiger partial charge is 0.156 e. The average molecular weight is 338 g/mol. The molecule has 2 aromatic rings. The summed E-state index contributed by atoms with van der Waals surface area (Å²) in [5, 5.41) is 7.97. The predicted molar refractivity (Wildman–Crippen MR) is 82.9 cm³/mol. The molecule has 1 aliphatic rings. The monoisotopic (exact) mass is 337 g/mol. The molecule has 6 heteroatoms. The summed E-state index contributed by atoms with van der Waals surface area (Å²) in [5.74, 6) is 0.909. The molecule has 0 bridgehead atoms. The number of nitrogens with one attached hydrogen (secondary N) is 1. The van der Waals surface area contributed by atoms with E-state index >= 15 is 0 Å². The van der Waals surface area contributed by atoms with Crippen molar-refractivity contribution in [3.05, 3.63) is 28.6 Å². The van der Waals surface area contributed by atoms with Crippen LogP contribution in [0.2, 0.25) is 0 Å². The quantitative estimate of drug-likeness (QED) is 0.926. The first-order valence-electron chi connectivity index (χ1n) is 7.01. The molecular formula is C14H20BrN5. The molecule has 0 spiro atoms. The molecule has 1 fully saturated rings. The molecular weight excluding hydrogens is 318 g/mol. The van der Waals surface area contributed by atoms with Crippen LogP contribution in [0.3, 0.4) is 0 Å². The highest BCUT2D eigenvalue weighted by Crippen LogP contribution is 2.20. The first kappa shape index (κ1) is 14.0. The van der Waals surface area contributed by atoms with Crippen molar-refractivity contribution < 1.29 is 0 Å². The molecule has 0 aliphatic carbocycles. The summed E-state index contributed by atoms with van der Waals surface area (Å²) in [6, 6.07) is 3.97. The molecule has 3 rings (SSSR count). The van der Waals surface area contributed by atoms with Crippen molar-refractivity contribution in [3.63, 3.8) is 0 Å². The van der Waals surface area contributed by atoms with E-state index in [2.05, 4.69) is 50.1 Å². The second-order valence-corrected chi connectivity index (χ2v) is 6.82. The van der Waals surface area contributed by atoms with Crippen LogP contribution in [0.15, 0.2) is 22.8 Å². The maximum Gasteiger partial charge on any atom is 0.156 e. The number of fused-ring (bicyclic) bond motifs is 1. The molecule has 3 heterocycles. The Morgan fingerprint density at radius 2 is 2.10 bits per heavy atom. The number of hydrogen-bond acceptors (Lipinski definition) is 4. The molecule has 1 aliphatic heterocycles. The summed E-state index contributed by atoms with van der Waals surface area (Å²) in [7, 11) is 0. The lowest BCUT2D eigenvalue weighted by Crippen LogP contribution is -2.54. The highest BCUT2D eigenvalue weighted by Gasteiger charge is 2.29. The zero-order valence-corrected chi connectivity index (χ0v) is 13.5. The largest absolute Gasteiger partial charge is 0.314 e. The zero-order chi connectivity index (χ0) is 14.2. The molecule has 0 radical (unpaired) electrons. The molecule has 2 aromatic heterocycles. The normalized spacial score (nSPS) is 17.8. The number of piperazine rings is 1. The third-order valence-corrected chi connectivity index (χ3v) is 4.40. The molecule has 1 N–H and O–H groups in total. The standard InChI is InChI=1S/C14H20BrN5/c1-14(2,19-7-4-16-5-8-19)10-12-17-13-9-11(15)3-6-20(13)18-12/h3,6,9,16H,4-5,7-8,10H2,1-2H3. The van der Waals surface area contributed by atoms with Gasteiger partial charge in [-0.15, -0.1) is 0 Å². The lowest BCUT2D eigenvalue weighted by Gasteiger charge is -2.40. The van der Waals surface area contributed by atoms with Crippen LogP contribution < -0.4 is 5.32 Å². The fourth-order valence-corrected chi connectivity index (χ4v) is 3.07. The van der Waals surface area contributed by atoms with E-state index in [0.29, 0.717) is 0 Å². The van der Waals surface area contributed by atoms with Crippen LogP contribution >= 0.6 is 15.9 Å². The second kappa shape index (κ2) is 5.42. The number of halogens is 1. The number of aromatic nitrogens is 3. The number of nitrogens with zero attached hydrogens (tertiary/aromatic N) is 4. The molecule has 0 amide bonds. The van der Waals surface area contributed by atoms with Crippen molar-refractivity contribution in [2.45, 2.75) is 25.8 Å². The number of rotatable bonds is 3. The minimum absolute atomic E-state index is 0.0876. The predicted octanol–water partition coefficient (Wildman–Crippen LogP) is 1.72. The summed E-state index contributed by atoms with van der Waals surface area (Å²) in [5.41, 5.74) is 0.982. The maximum absolute atomic E-state index is 4.63. The molecule has 1 saturated heterocycles. The number of hydrogen-bond donors (Lipinski definition) is 1. The molecule has 0 aromatic carbocycles. The van der Waals surface area contributed by atoms with Crippen molar-refractivity contribution in [2.24, 2.45) is 0 Å². The Morgan fingerprint density at radius 3 is 2.85 bits per heavy atom. The third-order valence-electron chi connectivity index (χ3n) is 3.91. The summed E-state index contributed by atoms with van der Waals surface area (Å²) in [6.07, 6.45) is 2.81. The topological polar surface area (TPSA) is 45.5 Å². The van der Waals surface area contributed by atoms with Gasteiger partial charge in [0.25, 0.3) is 0 Å². The summed E-state index contributed by atoms with van der Waals surface area (Å²) in [6.45, 7) is 8.86. The first-order valence-corrected chi connectivity index (χ1v) is 7.80. The summed E-state index contributed by atoms with van der Waals surface area (Å²) >= 11 is 3.47. The maximum atomic E-state index is 4.63. The Labute approximate surface area is 127 Å². The van der Waals surface area contributed by atoms with Gasteiger partial charge in [0.2, 0.25) is 0 Å². The van der Waals surface area contributed by atoms with Gasteiger partial charge in [-0.1, -0.05) is 15.9 Å². The molecule has 0 unspecified atom stereocenters. The van der Waals surface area contributed by atoms with Gasteiger partial charge in [-0.05, 0) is 26.0 Å². The summed E-state index contributed by atoms with van der Waals surface area (Å²) in [4.78, 5) is 7.15. The number of pyridine rings is 1. The van der Waals surface area contributed by atoms with Gasteiger partial charge in [0.1, 0.15) is 0 Å². The molecule has 20 heavy (non-hydrogen) atoms. The Balaban J connectivity index is 1.80. The van der Waals surface area contributed by atoms with E-state index in [4.69, 9.17) is 0 Å². The molecule has 5 nitrogen and oxygen atoms in total.